The van der Waals surface area contributed by atoms with Gasteiger partial charge >= 0.3 is 0 Å². The minimum atomic E-state index is -0.117. The number of para-hydroxylation sites is 1. The van der Waals surface area contributed by atoms with Gasteiger partial charge in [0.05, 0.1) is 11.6 Å². The zero-order valence-electron chi connectivity index (χ0n) is 14.7. The number of aryl methyl sites for hydroxylation is 1. The van der Waals surface area contributed by atoms with Crippen LogP contribution in [-0.4, -0.2) is 25.7 Å². The number of benzene rings is 2. The van der Waals surface area contributed by atoms with Gasteiger partial charge in [-0.05, 0) is 29.8 Å². The molecule has 2 heterocycles. The Kier molecular flexibility index (Phi) is 4.84. The summed E-state index contributed by atoms with van der Waals surface area (Å²) >= 11 is 1.63. The predicted octanol–water partition coefficient (Wildman–Crippen LogP) is 3.91. The second-order valence-electron chi connectivity index (χ2n) is 5.99. The first kappa shape index (κ1) is 17.2. The molecule has 0 aliphatic rings. The molecule has 4 aromatic rings. The summed E-state index contributed by atoms with van der Waals surface area (Å²) in [6, 6.07) is 17.0. The first-order valence-corrected chi connectivity index (χ1v) is 9.40. The van der Waals surface area contributed by atoms with Gasteiger partial charge in [-0.25, -0.2) is 9.97 Å². The van der Waals surface area contributed by atoms with Crippen LogP contribution in [0.15, 0.2) is 72.1 Å². The van der Waals surface area contributed by atoms with Crippen LogP contribution >= 0.6 is 11.8 Å². The molecule has 1 N–H and O–H groups in total. The van der Waals surface area contributed by atoms with E-state index in [0.717, 1.165) is 33.1 Å². The molecule has 0 radical (unpaired) electrons. The van der Waals surface area contributed by atoms with Crippen molar-refractivity contribution < 1.29 is 4.79 Å². The van der Waals surface area contributed by atoms with Crippen LogP contribution in [0, 0.1) is 0 Å². The van der Waals surface area contributed by atoms with Crippen molar-refractivity contribution in [3.63, 3.8) is 0 Å². The smallest absolute Gasteiger partial charge is 0.255 e. The molecule has 6 nitrogen and oxygen atoms in total. The van der Waals surface area contributed by atoms with E-state index in [1.807, 2.05) is 61.6 Å². The number of fused-ring (bicyclic) bond motifs is 1. The van der Waals surface area contributed by atoms with Gasteiger partial charge in [-0.1, -0.05) is 30.3 Å². The molecule has 0 saturated heterocycles. The van der Waals surface area contributed by atoms with Gasteiger partial charge < -0.3 is 5.32 Å². The quantitative estimate of drug-likeness (QED) is 0.423. The van der Waals surface area contributed by atoms with E-state index in [1.54, 1.807) is 29.0 Å². The summed E-state index contributed by atoms with van der Waals surface area (Å²) in [5.41, 5.74) is 3.35. The van der Waals surface area contributed by atoms with Crippen molar-refractivity contribution in [3.05, 3.63) is 78.2 Å². The second-order valence-corrected chi connectivity index (χ2v) is 6.95. The topological polar surface area (TPSA) is 72.7 Å². The molecule has 1 amide bonds. The highest BCUT2D eigenvalue weighted by atomic mass is 32.2. The van der Waals surface area contributed by atoms with Crippen molar-refractivity contribution >= 4 is 34.4 Å². The molecule has 0 saturated carbocycles. The molecule has 0 aliphatic carbocycles. The number of carbonyl (C=O) groups is 1. The molecule has 134 valence electrons. The lowest BCUT2D eigenvalue weighted by molar-refractivity contribution is 0.102. The lowest BCUT2D eigenvalue weighted by Crippen LogP contribution is -2.11. The van der Waals surface area contributed by atoms with E-state index in [0.29, 0.717) is 5.56 Å². The molecular weight excluding hydrogens is 358 g/mol. The molecule has 0 atom stereocenters. The zero-order chi connectivity index (χ0) is 18.6. The minimum absolute atomic E-state index is 0.117. The predicted molar refractivity (Wildman–Crippen MR) is 107 cm³/mol. The monoisotopic (exact) mass is 375 g/mol. The largest absolute Gasteiger partial charge is 0.322 e. The summed E-state index contributed by atoms with van der Waals surface area (Å²) in [5, 5.41) is 8.97. The van der Waals surface area contributed by atoms with Gasteiger partial charge in [-0.3, -0.25) is 9.48 Å². The average molecular weight is 375 g/mol. The summed E-state index contributed by atoms with van der Waals surface area (Å²) in [6.07, 6.45) is 3.35. The number of aromatic nitrogens is 4. The zero-order valence-corrected chi connectivity index (χ0v) is 15.5. The fourth-order valence-corrected chi connectivity index (χ4v) is 3.60. The molecule has 2 aromatic heterocycles. The van der Waals surface area contributed by atoms with Crippen LogP contribution in [0.1, 0.15) is 15.9 Å². The van der Waals surface area contributed by atoms with E-state index in [2.05, 4.69) is 20.4 Å². The van der Waals surface area contributed by atoms with E-state index in [9.17, 15) is 4.79 Å². The van der Waals surface area contributed by atoms with Crippen LogP contribution in [0.2, 0.25) is 0 Å². The Hall–Kier alpha value is -3.19. The first-order valence-electron chi connectivity index (χ1n) is 8.41. The van der Waals surface area contributed by atoms with Crippen LogP contribution in [0.25, 0.3) is 11.0 Å². The normalized spacial score (nSPS) is 10.9. The van der Waals surface area contributed by atoms with Gasteiger partial charge in [-0.15, -0.1) is 11.8 Å². The van der Waals surface area contributed by atoms with Crippen molar-refractivity contribution in [1.29, 1.82) is 0 Å². The fourth-order valence-electron chi connectivity index (χ4n) is 2.68. The highest BCUT2D eigenvalue weighted by molar-refractivity contribution is 7.98. The van der Waals surface area contributed by atoms with Gasteiger partial charge in [-0.2, -0.15) is 5.10 Å². The van der Waals surface area contributed by atoms with E-state index in [4.69, 9.17) is 0 Å². The number of rotatable bonds is 5. The van der Waals surface area contributed by atoms with E-state index < -0.39 is 0 Å². The van der Waals surface area contributed by atoms with Crippen molar-refractivity contribution in [1.82, 2.24) is 19.7 Å². The van der Waals surface area contributed by atoms with Crippen molar-refractivity contribution in [2.45, 2.75) is 10.8 Å². The summed E-state index contributed by atoms with van der Waals surface area (Å²) in [4.78, 5) is 20.9. The third-order valence-corrected chi connectivity index (χ3v) is 5.19. The summed E-state index contributed by atoms with van der Waals surface area (Å²) in [7, 11) is 1.86. The number of amides is 1. The maximum Gasteiger partial charge on any atom is 0.255 e. The Bertz CT molecular complexity index is 1080. The Morgan fingerprint density at radius 3 is 2.63 bits per heavy atom. The van der Waals surface area contributed by atoms with Gasteiger partial charge in [0.25, 0.3) is 5.91 Å². The number of nitrogens with zero attached hydrogens (tertiary/aromatic N) is 4. The first-order chi connectivity index (χ1) is 13.2. The number of nitrogens with one attached hydrogen (secondary N) is 1. The van der Waals surface area contributed by atoms with Gasteiger partial charge in [0, 0.05) is 24.1 Å². The van der Waals surface area contributed by atoms with E-state index in [1.165, 1.54) is 0 Å². The Morgan fingerprint density at radius 2 is 1.85 bits per heavy atom. The van der Waals surface area contributed by atoms with Gasteiger partial charge in [0.15, 0.2) is 5.65 Å². The summed E-state index contributed by atoms with van der Waals surface area (Å²) in [6.45, 7) is 0. The summed E-state index contributed by atoms with van der Waals surface area (Å²) < 4.78 is 1.74. The maximum atomic E-state index is 12.3. The van der Waals surface area contributed by atoms with Crippen LogP contribution in [0.5, 0.6) is 0 Å². The molecule has 0 fully saturated rings. The van der Waals surface area contributed by atoms with Crippen molar-refractivity contribution in [2.75, 3.05) is 5.32 Å². The van der Waals surface area contributed by atoms with E-state index in [-0.39, 0.29) is 5.91 Å². The Labute approximate surface area is 160 Å². The number of hydrogen-bond acceptors (Lipinski definition) is 5. The third-order valence-electron chi connectivity index (χ3n) is 4.12. The molecule has 0 bridgehead atoms. The van der Waals surface area contributed by atoms with Crippen LogP contribution in [-0.2, 0) is 12.8 Å². The number of carbonyl (C=O) groups excluding carboxylic acids is 1. The van der Waals surface area contributed by atoms with Crippen LogP contribution in [0.3, 0.4) is 0 Å². The minimum Gasteiger partial charge on any atom is -0.322 e. The van der Waals surface area contributed by atoms with Crippen LogP contribution in [0.4, 0.5) is 5.69 Å². The second kappa shape index (κ2) is 7.59. The highest BCUT2D eigenvalue weighted by Gasteiger charge is 2.09. The standard InChI is InChI=1S/C20H17N5OS/c1-25-18-17(11-23-25)20(22-13-21-18)27-12-14-7-9-15(10-8-14)19(26)24-16-5-3-2-4-6-16/h2-11,13H,12H2,1H3,(H,24,26). The fraction of sp³-hybridized carbons (Fsp3) is 0.100. The molecule has 0 spiro atoms. The van der Waals surface area contributed by atoms with Crippen molar-refractivity contribution in [3.8, 4) is 0 Å². The lowest BCUT2D eigenvalue weighted by atomic mass is 10.1. The molecule has 27 heavy (non-hydrogen) atoms. The SMILES string of the molecule is Cn1ncc2c(SCc3ccc(C(=O)Nc4ccccc4)cc3)ncnc21. The Balaban J connectivity index is 1.42. The van der Waals surface area contributed by atoms with Crippen LogP contribution < -0.4 is 5.32 Å². The number of hydrogen-bond donors (Lipinski definition) is 1. The molecule has 4 rings (SSSR count). The maximum absolute atomic E-state index is 12.3. The summed E-state index contributed by atoms with van der Waals surface area (Å²) in [5.74, 6) is 0.634. The molecule has 7 heteroatoms. The molecule has 0 aliphatic heterocycles. The molecular formula is C20H17N5OS. The van der Waals surface area contributed by atoms with Gasteiger partial charge in [0.1, 0.15) is 11.4 Å². The highest BCUT2D eigenvalue weighted by Crippen LogP contribution is 2.27. The van der Waals surface area contributed by atoms with Crippen molar-refractivity contribution in [2.24, 2.45) is 7.05 Å². The molecule has 2 aromatic carbocycles. The lowest BCUT2D eigenvalue weighted by Gasteiger charge is -2.06. The molecule has 0 unspecified atom stereocenters. The average Bonchev–Trinajstić information content (AvgIpc) is 3.09. The van der Waals surface area contributed by atoms with E-state index >= 15 is 0 Å². The number of anilines is 1. The number of thioether (sulfide) groups is 1. The Morgan fingerprint density at radius 1 is 1.07 bits per heavy atom. The third kappa shape index (κ3) is 3.83. The van der Waals surface area contributed by atoms with Gasteiger partial charge in [0.2, 0.25) is 0 Å².